The number of carbonyl (C=O) groups is 2. The zero-order valence-corrected chi connectivity index (χ0v) is 37.6. The molecule has 0 saturated heterocycles. The van der Waals surface area contributed by atoms with Crippen molar-refractivity contribution in [2.24, 2.45) is 0 Å². The second kappa shape index (κ2) is 43.2. The molecule has 0 rings (SSSR count). The minimum atomic E-state index is -4.65. The average molecular weight is 849 g/mol. The summed E-state index contributed by atoms with van der Waals surface area (Å²) in [6.45, 7) is 2.23. The van der Waals surface area contributed by atoms with Crippen LogP contribution in [0, 0.1) is 0 Å². The maximum atomic E-state index is 12.6. The van der Waals surface area contributed by atoms with E-state index in [1.54, 1.807) is 0 Å². The fourth-order valence-electron chi connectivity index (χ4n) is 5.52. The number of aliphatic hydroxyl groups excluding tert-OH is 2. The summed E-state index contributed by atoms with van der Waals surface area (Å²) in [5.41, 5.74) is 0. The molecule has 11 heteroatoms. The van der Waals surface area contributed by atoms with Crippen LogP contribution in [0.15, 0.2) is 85.1 Å². The van der Waals surface area contributed by atoms with Gasteiger partial charge >= 0.3 is 19.8 Å². The fourth-order valence-corrected chi connectivity index (χ4v) is 6.31. The van der Waals surface area contributed by atoms with E-state index in [-0.39, 0.29) is 19.4 Å². The summed E-state index contributed by atoms with van der Waals surface area (Å²) in [7, 11) is -4.65. The summed E-state index contributed by atoms with van der Waals surface area (Å²) in [6, 6.07) is 0. The first-order valence-corrected chi connectivity index (χ1v) is 24.0. The highest BCUT2D eigenvalue weighted by Gasteiger charge is 2.27. The first-order valence-electron chi connectivity index (χ1n) is 22.5. The Labute approximate surface area is 358 Å². The molecule has 59 heavy (non-hydrogen) atoms. The van der Waals surface area contributed by atoms with E-state index in [1.807, 2.05) is 6.08 Å². The number of phosphoric acid groups is 1. The van der Waals surface area contributed by atoms with E-state index >= 15 is 0 Å². The fraction of sp³-hybridized carbons (Fsp3) is 0.667. The maximum Gasteiger partial charge on any atom is 0.472 e. The lowest BCUT2D eigenvalue weighted by Crippen LogP contribution is -2.29. The summed E-state index contributed by atoms with van der Waals surface area (Å²) in [5, 5.41) is 18.3. The van der Waals surface area contributed by atoms with Crippen LogP contribution in [0.25, 0.3) is 0 Å². The largest absolute Gasteiger partial charge is 0.472 e. The quantitative estimate of drug-likeness (QED) is 0.0235. The molecule has 0 aliphatic rings. The smallest absolute Gasteiger partial charge is 0.462 e. The van der Waals surface area contributed by atoms with Gasteiger partial charge in [0.2, 0.25) is 0 Å². The van der Waals surface area contributed by atoms with Gasteiger partial charge in [-0.1, -0.05) is 150 Å². The molecule has 0 aromatic rings. The van der Waals surface area contributed by atoms with Crippen LogP contribution in [-0.4, -0.2) is 65.7 Å². The maximum absolute atomic E-state index is 12.6. The van der Waals surface area contributed by atoms with Crippen molar-refractivity contribution in [3.63, 3.8) is 0 Å². The molecule has 3 N–H and O–H groups in total. The molecule has 0 radical (unpaired) electrons. The number of esters is 2. The molecule has 0 fully saturated rings. The van der Waals surface area contributed by atoms with Crippen LogP contribution < -0.4 is 0 Å². The Balaban J connectivity index is 4.43. The lowest BCUT2D eigenvalue weighted by molar-refractivity contribution is -0.161. The summed E-state index contributed by atoms with van der Waals surface area (Å²) in [4.78, 5) is 35.0. The third kappa shape index (κ3) is 43.1. The van der Waals surface area contributed by atoms with E-state index in [1.165, 1.54) is 70.6 Å². The van der Waals surface area contributed by atoms with E-state index in [4.69, 9.17) is 19.1 Å². The molecule has 338 valence electrons. The summed E-state index contributed by atoms with van der Waals surface area (Å²) in [6.07, 6.45) is 51.3. The number of ether oxygens (including phenoxy) is 2. The van der Waals surface area contributed by atoms with Crippen LogP contribution >= 0.6 is 7.82 Å². The van der Waals surface area contributed by atoms with Crippen molar-refractivity contribution in [3.05, 3.63) is 85.1 Å². The minimum absolute atomic E-state index is 0.119. The number of carbonyl (C=O) groups excluding carboxylic acids is 2. The zero-order chi connectivity index (χ0) is 43.3. The van der Waals surface area contributed by atoms with Gasteiger partial charge in [-0.3, -0.25) is 18.6 Å². The topological polar surface area (TPSA) is 149 Å². The van der Waals surface area contributed by atoms with Crippen LogP contribution in [0.5, 0.6) is 0 Å². The molecule has 0 heterocycles. The summed E-state index contributed by atoms with van der Waals surface area (Å²) < 4.78 is 32.6. The Morgan fingerprint density at radius 1 is 0.508 bits per heavy atom. The molecular weight excluding hydrogens is 767 g/mol. The lowest BCUT2D eigenvalue weighted by Gasteiger charge is -2.20. The van der Waals surface area contributed by atoms with Crippen LogP contribution in [0.1, 0.15) is 168 Å². The third-order valence-corrected chi connectivity index (χ3v) is 9.97. The molecule has 0 aliphatic carbocycles. The zero-order valence-electron chi connectivity index (χ0n) is 36.7. The molecule has 0 amide bonds. The Bertz CT molecular complexity index is 1250. The molecule has 0 spiro atoms. The monoisotopic (exact) mass is 849 g/mol. The van der Waals surface area contributed by atoms with Crippen molar-refractivity contribution in [1.82, 2.24) is 0 Å². The number of hydrogen-bond donors (Lipinski definition) is 3. The third-order valence-electron chi connectivity index (χ3n) is 9.02. The van der Waals surface area contributed by atoms with Gasteiger partial charge in [0.05, 0.1) is 19.8 Å². The van der Waals surface area contributed by atoms with Gasteiger partial charge in [-0.2, -0.15) is 0 Å². The number of unbranched alkanes of at least 4 members (excludes halogenated alkanes) is 13. The van der Waals surface area contributed by atoms with Gasteiger partial charge in [0, 0.05) is 12.8 Å². The number of aliphatic hydroxyl groups is 2. The minimum Gasteiger partial charge on any atom is -0.462 e. The molecule has 3 atom stereocenters. The van der Waals surface area contributed by atoms with Crippen LogP contribution in [0.3, 0.4) is 0 Å². The van der Waals surface area contributed by atoms with Crippen molar-refractivity contribution in [2.75, 3.05) is 26.4 Å². The van der Waals surface area contributed by atoms with E-state index < -0.39 is 51.8 Å². The summed E-state index contributed by atoms with van der Waals surface area (Å²) in [5.74, 6) is -1.04. The van der Waals surface area contributed by atoms with E-state index in [0.717, 1.165) is 51.4 Å². The Kier molecular flexibility index (Phi) is 41.2. The van der Waals surface area contributed by atoms with Crippen LogP contribution in [0.2, 0.25) is 0 Å². The van der Waals surface area contributed by atoms with Crippen molar-refractivity contribution in [1.29, 1.82) is 0 Å². The number of phosphoric ester groups is 1. The predicted octanol–water partition coefficient (Wildman–Crippen LogP) is 12.2. The molecule has 0 aromatic heterocycles. The van der Waals surface area contributed by atoms with Gasteiger partial charge in [-0.05, 0) is 89.9 Å². The van der Waals surface area contributed by atoms with Crippen molar-refractivity contribution < 1.29 is 47.8 Å². The van der Waals surface area contributed by atoms with Crippen LogP contribution in [-0.2, 0) is 32.7 Å². The SMILES string of the molecule is CCCCC/C=C/C/C=C/C/C=C/CCCCC(=O)O[C@@H](COC(=O)CCC/C=C/C/C=C/C/C=C/C/C=C/CCCCCCCCC)COP(=O)(O)OC[C@H](O)CO. The highest BCUT2D eigenvalue weighted by atomic mass is 31.2. The Morgan fingerprint density at radius 3 is 1.41 bits per heavy atom. The number of hydrogen-bond acceptors (Lipinski definition) is 9. The lowest BCUT2D eigenvalue weighted by atomic mass is 10.1. The average Bonchev–Trinajstić information content (AvgIpc) is 3.22. The molecule has 0 aromatic carbocycles. The first-order chi connectivity index (χ1) is 28.7. The Hall–Kier alpha value is -2.85. The second-order valence-corrected chi connectivity index (χ2v) is 16.2. The van der Waals surface area contributed by atoms with Gasteiger partial charge in [-0.15, -0.1) is 0 Å². The molecule has 0 bridgehead atoms. The summed E-state index contributed by atoms with van der Waals surface area (Å²) >= 11 is 0. The number of allylic oxidation sites excluding steroid dienone is 14. The van der Waals surface area contributed by atoms with Gasteiger partial charge in [-0.25, -0.2) is 4.57 Å². The van der Waals surface area contributed by atoms with Crippen LogP contribution in [0.4, 0.5) is 0 Å². The van der Waals surface area contributed by atoms with Crippen molar-refractivity contribution in [2.45, 2.75) is 180 Å². The standard InChI is InChI=1S/C48H81O10P/c1-3-5-7-9-11-13-15-17-19-20-21-22-23-24-26-27-29-31-33-35-37-39-47(51)55-43-46(44-57-59(53,54)56-42-45(50)41-49)58-48(52)40-38-36-34-32-30-28-25-18-16-14-12-10-8-6-4-2/h12,14,18-20,22-23,25-27,30-33,45-46,49-50H,3-11,13,15-17,21,24,28-29,34-44H2,1-2H3,(H,53,54)/b14-12+,20-19+,23-22+,25-18+,27-26+,32-30+,33-31+/t45-,46+/m1/s1. The predicted molar refractivity (Wildman–Crippen MR) is 242 cm³/mol. The van der Waals surface area contributed by atoms with Crippen molar-refractivity contribution in [3.8, 4) is 0 Å². The van der Waals surface area contributed by atoms with Gasteiger partial charge in [0.25, 0.3) is 0 Å². The van der Waals surface area contributed by atoms with Gasteiger partial charge < -0.3 is 24.6 Å². The van der Waals surface area contributed by atoms with Crippen molar-refractivity contribution >= 4 is 19.8 Å². The first kappa shape index (κ1) is 56.1. The van der Waals surface area contributed by atoms with E-state index in [2.05, 4.69) is 97.4 Å². The van der Waals surface area contributed by atoms with E-state index in [9.17, 15) is 24.2 Å². The molecule has 1 unspecified atom stereocenters. The molecular formula is C48H81O10P. The molecule has 0 aliphatic heterocycles. The number of rotatable bonds is 41. The molecule has 0 saturated carbocycles. The second-order valence-electron chi connectivity index (χ2n) is 14.7. The molecule has 10 nitrogen and oxygen atoms in total. The highest BCUT2D eigenvalue weighted by Crippen LogP contribution is 2.43. The van der Waals surface area contributed by atoms with E-state index in [0.29, 0.717) is 19.3 Å². The normalized spacial score (nSPS) is 14.6. The van der Waals surface area contributed by atoms with Gasteiger partial charge in [0.15, 0.2) is 6.10 Å². The Morgan fingerprint density at radius 2 is 0.898 bits per heavy atom. The van der Waals surface area contributed by atoms with Gasteiger partial charge in [0.1, 0.15) is 12.7 Å². The highest BCUT2D eigenvalue weighted by molar-refractivity contribution is 7.47.